The van der Waals surface area contributed by atoms with E-state index in [2.05, 4.69) is 466 Å². The third-order valence-corrected chi connectivity index (χ3v) is 13.2. The SMILES string of the molecule is C1=Cc2ccccc2C1.C1=Nc2ccccc2C1.CC(C)(C)C.CC(C)(C)C.CC(C)(C)C.CC(C)(C)C.CC(C)(C)C.CC(C)(C)C.CC(C)(C)C.CC(C)(C)C.CC(C)(C)C.CC(C)(C)C.CC(C)(C)c1ccccc1.c1ccc2c(c1)CCC2.c1ccc2c(c1)CCO2.c1ccc2c(c1)CN=N2.c1ccc2ocnc2c1.c1ccncc1.c1cncnc1.c1ncon1.c1ncsn1. The average molecular weight is 1880 g/mol. The fourth-order valence-electron chi connectivity index (χ4n) is 8.39. The molecule has 14 nitrogen and oxygen atoms in total. The number of aromatic nitrogens is 8. The van der Waals surface area contributed by atoms with E-state index in [4.69, 9.17) is 9.15 Å². The van der Waals surface area contributed by atoms with Crippen LogP contribution in [0.25, 0.3) is 17.2 Å². The van der Waals surface area contributed by atoms with Crippen LogP contribution in [0.15, 0.2) is 292 Å². The smallest absolute Gasteiger partial charge is 0.213 e. The molecule has 7 aromatic carbocycles. The summed E-state index contributed by atoms with van der Waals surface area (Å²) in [5, 5.41) is 11.0. The lowest BCUT2D eigenvalue weighted by atomic mass is 9.87. The van der Waals surface area contributed by atoms with Crippen molar-refractivity contribution in [2.45, 2.75) is 348 Å². The van der Waals surface area contributed by atoms with Crippen molar-refractivity contribution < 1.29 is 13.7 Å². The fraction of sp³-hybridized carbons (Fsp3) is 0.512. The van der Waals surface area contributed by atoms with Gasteiger partial charge >= 0.3 is 0 Å². The summed E-state index contributed by atoms with van der Waals surface area (Å²) in [6, 6.07) is 67.4. The molecule has 0 amide bonds. The van der Waals surface area contributed by atoms with Gasteiger partial charge in [-0.2, -0.15) is 14.6 Å². The molecule has 0 bridgehead atoms. The fourth-order valence-corrected chi connectivity index (χ4v) is 8.67. The van der Waals surface area contributed by atoms with E-state index in [0.717, 1.165) is 60.6 Å². The molecule has 0 saturated carbocycles. The lowest BCUT2D eigenvalue weighted by molar-refractivity contribution is 0.357. The standard InChI is InChI=1S/C10H14.C9H10.C9H8.C8H7N.C8H8O.C7H6N2.C7H5NO.C5H5N.10C5H12.C4H4N2.C2H2N2O.C2H2N2S/c1-10(2,3)9-7-5-4-6-8-9;2*1-2-5-9-7-3-6-8(9)4-1;2*1-2-4-8-7(3-1)5-6-9-8;1-2-4-7-6(3-1)5-8-9-7;1-2-4-7-6(3-1)8-5-9-7;1-2-4-6-5-3-1;10*1-5(2,3)4;1-2-5-4-6-3-1;2*1-3-2-5-4-1/h4-8H,1-3H3;1-2,4-5H,3,6-7H2;1-6H,7H2;1-4,6H,5H2;1-4H,5-6H2;1-4H,5H2;1-5H;1-5H;10*1-4H3;1-4H;2*1-2H. The van der Waals surface area contributed by atoms with Gasteiger partial charge in [0, 0.05) is 49.4 Å². The summed E-state index contributed by atoms with van der Waals surface area (Å²) >= 11 is 1.35. The molecule has 0 spiro atoms. The van der Waals surface area contributed by atoms with E-state index in [-0.39, 0.29) is 0 Å². The Balaban J connectivity index is -0.000000677. The van der Waals surface area contributed by atoms with E-state index in [9.17, 15) is 0 Å². The number of azo groups is 1. The van der Waals surface area contributed by atoms with E-state index in [1.165, 1.54) is 95.9 Å². The summed E-state index contributed by atoms with van der Waals surface area (Å²) in [5.74, 6) is 1.07. The molecular formula is C121H191N11O3S. The van der Waals surface area contributed by atoms with E-state index in [1.54, 1.807) is 47.5 Å². The predicted octanol–water partition coefficient (Wildman–Crippen LogP) is 37.8. The van der Waals surface area contributed by atoms with E-state index in [1.807, 2.05) is 103 Å². The van der Waals surface area contributed by atoms with Crippen molar-refractivity contribution in [3.05, 3.63) is 313 Å². The normalized spacial score (nSPS) is 12.0. The summed E-state index contributed by atoms with van der Waals surface area (Å²) in [4.78, 5) is 26.3. The number of fused-ring (bicyclic) bond motifs is 6. The third kappa shape index (κ3) is 114. The van der Waals surface area contributed by atoms with Gasteiger partial charge in [0.05, 0.1) is 24.5 Å². The molecule has 3 aliphatic heterocycles. The second-order valence-electron chi connectivity index (χ2n) is 49.8. The highest BCUT2D eigenvalue weighted by Gasteiger charge is 2.13. The van der Waals surface area contributed by atoms with Crippen LogP contribution in [0.5, 0.6) is 5.75 Å². The van der Waals surface area contributed by atoms with Crippen molar-refractivity contribution in [3.8, 4) is 5.75 Å². The molecule has 15 heteroatoms. The molecule has 2 aliphatic carbocycles. The van der Waals surface area contributed by atoms with E-state index in [0.29, 0.717) is 59.6 Å². The maximum Gasteiger partial charge on any atom is 0.213 e. The Morgan fingerprint density at radius 1 is 0.316 bits per heavy atom. The molecule has 754 valence electrons. The number of benzene rings is 7. The third-order valence-electron chi connectivity index (χ3n) is 12.7. The van der Waals surface area contributed by atoms with Crippen molar-refractivity contribution >= 4 is 46.3 Å². The number of oxazole rings is 1. The number of allylic oxidation sites excluding steroid dienone is 1. The van der Waals surface area contributed by atoms with Crippen molar-refractivity contribution in [1.29, 1.82) is 0 Å². The number of rotatable bonds is 0. The second-order valence-corrected chi connectivity index (χ2v) is 50.5. The first-order chi connectivity index (χ1) is 62.4. The van der Waals surface area contributed by atoms with Crippen molar-refractivity contribution in [1.82, 2.24) is 39.4 Å². The van der Waals surface area contributed by atoms with Gasteiger partial charge in [-0.1, -0.05) is 467 Å². The Morgan fingerprint density at radius 2 is 0.721 bits per heavy atom. The summed E-state index contributed by atoms with van der Waals surface area (Å²) < 4.78 is 18.2. The van der Waals surface area contributed by atoms with Crippen LogP contribution < -0.4 is 4.74 Å². The maximum atomic E-state index is 5.30. The zero-order valence-corrected chi connectivity index (χ0v) is 94.6. The Kier molecular flexibility index (Phi) is 69.2. The summed E-state index contributed by atoms with van der Waals surface area (Å²) in [6.07, 6.45) is 27.4. The zero-order valence-electron chi connectivity index (χ0n) is 93.8. The number of para-hydroxylation sites is 4. The highest BCUT2D eigenvalue weighted by molar-refractivity contribution is 7.03. The molecule has 0 radical (unpaired) electrons. The molecule has 5 aliphatic rings. The Labute approximate surface area is 836 Å². The highest BCUT2D eigenvalue weighted by Crippen LogP contribution is 2.28. The van der Waals surface area contributed by atoms with Gasteiger partial charge in [-0.05, 0) is 184 Å². The van der Waals surface area contributed by atoms with Gasteiger partial charge in [0.15, 0.2) is 18.3 Å². The molecule has 17 rings (SSSR count). The monoisotopic (exact) mass is 1880 g/mol. The van der Waals surface area contributed by atoms with Gasteiger partial charge < -0.3 is 13.7 Å². The quantitative estimate of drug-likeness (QED) is 0.141. The van der Waals surface area contributed by atoms with Gasteiger partial charge in [-0.25, -0.2) is 24.9 Å². The lowest BCUT2D eigenvalue weighted by Crippen LogP contribution is -2.10. The first kappa shape index (κ1) is 132. The van der Waals surface area contributed by atoms with Gasteiger partial charge in [0.2, 0.25) is 6.39 Å². The largest absolute Gasteiger partial charge is 0.493 e. The minimum atomic E-state index is 0.293. The number of pyridine rings is 1. The summed E-state index contributed by atoms with van der Waals surface area (Å²) in [6.45, 7) is 95.8. The van der Waals surface area contributed by atoms with Crippen LogP contribution >= 0.6 is 11.5 Å². The first-order valence-corrected chi connectivity index (χ1v) is 49.1. The molecule has 0 saturated heterocycles. The van der Waals surface area contributed by atoms with Crippen LogP contribution in [0, 0.1) is 54.1 Å². The molecule has 8 heterocycles. The van der Waals surface area contributed by atoms with Crippen LogP contribution in [0.2, 0.25) is 0 Å². The molecule has 5 aromatic heterocycles. The Bertz CT molecular complexity index is 4140. The van der Waals surface area contributed by atoms with Crippen LogP contribution in [-0.2, 0) is 44.1 Å². The van der Waals surface area contributed by atoms with Crippen molar-refractivity contribution in [2.24, 2.45) is 69.4 Å². The van der Waals surface area contributed by atoms with Crippen LogP contribution in [0.4, 0.5) is 11.4 Å². The number of nitrogens with zero attached hydrogens (tertiary/aromatic N) is 11. The number of hydrogen-bond donors (Lipinski definition) is 0. The Morgan fingerprint density at radius 3 is 1.07 bits per heavy atom. The molecule has 0 fully saturated rings. The predicted molar refractivity (Wildman–Crippen MR) is 597 cm³/mol. The molecule has 12 aromatic rings. The molecule has 136 heavy (non-hydrogen) atoms. The molecular weight excluding hydrogens is 1690 g/mol. The summed E-state index contributed by atoms with van der Waals surface area (Å²) in [5.41, 5.74) is 22.2. The second kappa shape index (κ2) is 71.2. The van der Waals surface area contributed by atoms with Crippen molar-refractivity contribution in [2.75, 3.05) is 6.61 Å². The number of hydrogen-bond acceptors (Lipinski definition) is 15. The maximum absolute atomic E-state index is 5.30. The Hall–Kier alpha value is -10.2. The lowest BCUT2D eigenvalue weighted by Gasteiger charge is -2.18. The number of aliphatic imine (C=N–C) groups is 1. The van der Waals surface area contributed by atoms with Crippen molar-refractivity contribution in [3.63, 3.8) is 0 Å². The van der Waals surface area contributed by atoms with E-state index < -0.39 is 0 Å². The van der Waals surface area contributed by atoms with Crippen LogP contribution in [0.3, 0.4) is 0 Å². The van der Waals surface area contributed by atoms with Gasteiger partial charge in [0.1, 0.15) is 29.4 Å². The summed E-state index contributed by atoms with van der Waals surface area (Å²) in [7, 11) is 0. The first-order valence-electron chi connectivity index (χ1n) is 48.3. The minimum absolute atomic E-state index is 0.293. The van der Waals surface area contributed by atoms with Gasteiger partial charge in [-0.15, -0.1) is 0 Å². The van der Waals surface area contributed by atoms with Gasteiger partial charge in [-0.3, -0.25) is 9.98 Å². The average Bonchev–Trinajstić information content (AvgIpc) is 1.74. The zero-order chi connectivity index (χ0) is 105. The van der Waals surface area contributed by atoms with Crippen LogP contribution in [0.1, 0.15) is 349 Å². The number of aryl methyl sites for hydroxylation is 2. The molecule has 0 N–H and O–H groups in total. The van der Waals surface area contributed by atoms with Crippen LogP contribution in [-0.4, -0.2) is 52.3 Å². The molecule has 0 unspecified atom stereocenters. The highest BCUT2D eigenvalue weighted by atomic mass is 32.1. The number of ether oxygens (including phenoxy) is 1. The molecule has 0 atom stereocenters. The van der Waals surface area contributed by atoms with E-state index >= 15 is 0 Å². The van der Waals surface area contributed by atoms with Gasteiger partial charge in [0.25, 0.3) is 0 Å². The topological polar surface area (TPSA) is 176 Å². The minimum Gasteiger partial charge on any atom is -0.493 e.